The Bertz CT molecular complexity index is 322. The number of carbonyl (C=O) groups excluding carboxylic acids is 1. The molecule has 1 aliphatic heterocycles. The van der Waals surface area contributed by atoms with E-state index in [1.165, 1.54) is 0 Å². The first-order valence-electron chi connectivity index (χ1n) is 5.39. The molecule has 1 amide bonds. The average Bonchev–Trinajstić information content (AvgIpc) is 2.81. The molecule has 1 unspecified atom stereocenters. The molecule has 1 fully saturated rings. The van der Waals surface area contributed by atoms with E-state index in [4.69, 9.17) is 0 Å². The van der Waals surface area contributed by atoms with Crippen LogP contribution < -0.4 is 10.6 Å². The van der Waals surface area contributed by atoms with Crippen LogP contribution in [0, 0.1) is 0 Å². The summed E-state index contributed by atoms with van der Waals surface area (Å²) in [5, 5.41) is 6.21. The van der Waals surface area contributed by atoms with Crippen LogP contribution in [-0.2, 0) is 11.3 Å². The van der Waals surface area contributed by atoms with Gasteiger partial charge in [-0.15, -0.1) is 0 Å². The van der Waals surface area contributed by atoms with Gasteiger partial charge in [0.05, 0.1) is 18.6 Å². The molecule has 2 heterocycles. The van der Waals surface area contributed by atoms with E-state index in [0.29, 0.717) is 19.0 Å². The van der Waals surface area contributed by atoms with Gasteiger partial charge in [-0.25, -0.2) is 4.98 Å². The van der Waals surface area contributed by atoms with Gasteiger partial charge in [0, 0.05) is 36.7 Å². The lowest BCUT2D eigenvalue weighted by Gasteiger charge is -2.22. The highest BCUT2D eigenvalue weighted by atomic mass is 32.2. The second kappa shape index (κ2) is 5.91. The molecule has 16 heavy (non-hydrogen) atoms. The second-order valence-corrected chi connectivity index (χ2v) is 4.93. The minimum Gasteiger partial charge on any atom is -0.350 e. The van der Waals surface area contributed by atoms with Crippen LogP contribution in [0.2, 0.25) is 0 Å². The molecule has 3 N–H and O–H groups in total. The van der Waals surface area contributed by atoms with Gasteiger partial charge in [-0.05, 0) is 0 Å². The fourth-order valence-electron chi connectivity index (χ4n) is 1.62. The quantitative estimate of drug-likeness (QED) is 0.699. The van der Waals surface area contributed by atoms with Crippen LogP contribution in [0.3, 0.4) is 0 Å². The van der Waals surface area contributed by atoms with Crippen molar-refractivity contribution >= 4 is 17.7 Å². The van der Waals surface area contributed by atoms with Gasteiger partial charge in [0.1, 0.15) is 0 Å². The number of hydrogen-bond acceptors (Lipinski definition) is 4. The number of aromatic nitrogens is 2. The van der Waals surface area contributed by atoms with Crippen LogP contribution in [0.5, 0.6) is 0 Å². The number of thioether (sulfide) groups is 1. The summed E-state index contributed by atoms with van der Waals surface area (Å²) in [6, 6.07) is 0.320. The highest BCUT2D eigenvalue weighted by molar-refractivity contribution is 7.99. The Hall–Kier alpha value is -1.01. The second-order valence-electron chi connectivity index (χ2n) is 3.78. The number of nitrogens with zero attached hydrogens (tertiary/aromatic N) is 1. The van der Waals surface area contributed by atoms with Crippen LogP contribution in [0.1, 0.15) is 12.1 Å². The largest absolute Gasteiger partial charge is 0.350 e. The molecule has 0 aliphatic carbocycles. The maximum atomic E-state index is 11.6. The number of hydrogen-bond donors (Lipinski definition) is 3. The van der Waals surface area contributed by atoms with Crippen molar-refractivity contribution in [2.75, 3.05) is 18.1 Å². The summed E-state index contributed by atoms with van der Waals surface area (Å²) in [5.74, 6) is 2.26. The lowest BCUT2D eigenvalue weighted by Crippen LogP contribution is -2.41. The molecule has 1 aromatic rings. The van der Waals surface area contributed by atoms with E-state index < -0.39 is 0 Å². The SMILES string of the molecule is O=C(CC1CSCCN1)NCc1cnc[nH]1. The number of aromatic amines is 1. The van der Waals surface area contributed by atoms with Gasteiger partial charge in [0.15, 0.2) is 0 Å². The lowest BCUT2D eigenvalue weighted by molar-refractivity contribution is -0.121. The van der Waals surface area contributed by atoms with Gasteiger partial charge in [-0.2, -0.15) is 11.8 Å². The minimum atomic E-state index is 0.0922. The zero-order chi connectivity index (χ0) is 11.2. The monoisotopic (exact) mass is 240 g/mol. The molecule has 2 rings (SSSR count). The predicted molar refractivity (Wildman–Crippen MR) is 64.2 cm³/mol. The van der Waals surface area contributed by atoms with Crippen molar-refractivity contribution in [2.24, 2.45) is 0 Å². The molecule has 88 valence electrons. The molecule has 1 aromatic heterocycles. The summed E-state index contributed by atoms with van der Waals surface area (Å²) < 4.78 is 0. The summed E-state index contributed by atoms with van der Waals surface area (Å²) in [5.41, 5.74) is 0.930. The molecule has 0 saturated carbocycles. The van der Waals surface area contributed by atoms with Gasteiger partial charge >= 0.3 is 0 Å². The van der Waals surface area contributed by atoms with Gasteiger partial charge in [0.25, 0.3) is 0 Å². The zero-order valence-electron chi connectivity index (χ0n) is 9.03. The summed E-state index contributed by atoms with van der Waals surface area (Å²) in [4.78, 5) is 18.5. The Kier molecular flexibility index (Phi) is 4.24. The standard InChI is InChI=1S/C10H16N4OS/c15-10(3-8-6-16-2-1-12-8)13-5-9-4-11-7-14-9/h4,7-8,12H,1-3,5-6H2,(H,11,14)(H,13,15). The molecule has 0 spiro atoms. The summed E-state index contributed by atoms with van der Waals surface area (Å²) >= 11 is 1.90. The topological polar surface area (TPSA) is 69.8 Å². The highest BCUT2D eigenvalue weighted by Crippen LogP contribution is 2.09. The molecule has 1 atom stereocenters. The Labute approximate surface area is 98.8 Å². The molecule has 6 heteroatoms. The highest BCUT2D eigenvalue weighted by Gasteiger charge is 2.16. The van der Waals surface area contributed by atoms with E-state index in [-0.39, 0.29) is 5.91 Å². The van der Waals surface area contributed by atoms with Crippen LogP contribution in [0.4, 0.5) is 0 Å². The smallest absolute Gasteiger partial charge is 0.221 e. The van der Waals surface area contributed by atoms with E-state index in [1.807, 2.05) is 11.8 Å². The Morgan fingerprint density at radius 3 is 3.31 bits per heavy atom. The van der Waals surface area contributed by atoms with Crippen molar-refractivity contribution in [3.05, 3.63) is 18.2 Å². The molecular formula is C10H16N4OS. The lowest BCUT2D eigenvalue weighted by atomic mass is 10.2. The third-order valence-electron chi connectivity index (χ3n) is 2.46. The molecular weight excluding hydrogens is 224 g/mol. The van der Waals surface area contributed by atoms with Gasteiger partial charge < -0.3 is 15.6 Å². The third kappa shape index (κ3) is 3.53. The number of rotatable bonds is 4. The Morgan fingerprint density at radius 1 is 1.69 bits per heavy atom. The van der Waals surface area contributed by atoms with Crippen molar-refractivity contribution in [1.82, 2.24) is 20.6 Å². The first-order valence-corrected chi connectivity index (χ1v) is 6.55. The first-order chi connectivity index (χ1) is 7.84. The van der Waals surface area contributed by atoms with E-state index in [1.54, 1.807) is 12.5 Å². The third-order valence-corrected chi connectivity index (χ3v) is 3.59. The van der Waals surface area contributed by atoms with Crippen molar-refractivity contribution in [3.8, 4) is 0 Å². The maximum Gasteiger partial charge on any atom is 0.221 e. The molecule has 1 aliphatic rings. The van der Waals surface area contributed by atoms with Crippen molar-refractivity contribution < 1.29 is 4.79 Å². The van der Waals surface area contributed by atoms with E-state index in [0.717, 1.165) is 23.7 Å². The van der Waals surface area contributed by atoms with Gasteiger partial charge in [-0.1, -0.05) is 0 Å². The average molecular weight is 240 g/mol. The Morgan fingerprint density at radius 2 is 2.62 bits per heavy atom. The van der Waals surface area contributed by atoms with Crippen molar-refractivity contribution in [1.29, 1.82) is 0 Å². The molecule has 5 nitrogen and oxygen atoms in total. The van der Waals surface area contributed by atoms with Crippen LogP contribution in [-0.4, -0.2) is 40.0 Å². The maximum absolute atomic E-state index is 11.6. The minimum absolute atomic E-state index is 0.0922. The Balaban J connectivity index is 1.67. The van der Waals surface area contributed by atoms with Crippen molar-refractivity contribution in [2.45, 2.75) is 19.0 Å². The predicted octanol–water partition coefficient (Wildman–Crippen LogP) is 0.121. The van der Waals surface area contributed by atoms with Gasteiger partial charge in [0.2, 0.25) is 5.91 Å². The summed E-state index contributed by atoms with van der Waals surface area (Å²) in [6.45, 7) is 1.53. The van der Waals surface area contributed by atoms with Crippen LogP contribution in [0.25, 0.3) is 0 Å². The molecule has 0 aromatic carbocycles. The van der Waals surface area contributed by atoms with E-state index >= 15 is 0 Å². The first kappa shape index (κ1) is 11.5. The number of amides is 1. The fraction of sp³-hybridized carbons (Fsp3) is 0.600. The van der Waals surface area contributed by atoms with E-state index in [9.17, 15) is 4.79 Å². The zero-order valence-corrected chi connectivity index (χ0v) is 9.85. The molecule has 0 bridgehead atoms. The van der Waals surface area contributed by atoms with Crippen LogP contribution >= 0.6 is 11.8 Å². The van der Waals surface area contributed by atoms with E-state index in [2.05, 4.69) is 20.6 Å². The van der Waals surface area contributed by atoms with Crippen molar-refractivity contribution in [3.63, 3.8) is 0 Å². The number of carbonyl (C=O) groups is 1. The molecule has 0 radical (unpaired) electrons. The normalized spacial score (nSPS) is 20.6. The fourth-order valence-corrected chi connectivity index (χ4v) is 2.57. The molecule has 1 saturated heterocycles. The summed E-state index contributed by atoms with van der Waals surface area (Å²) in [6.07, 6.45) is 3.89. The van der Waals surface area contributed by atoms with Crippen LogP contribution in [0.15, 0.2) is 12.5 Å². The van der Waals surface area contributed by atoms with Gasteiger partial charge in [-0.3, -0.25) is 4.79 Å². The number of imidazole rings is 1. The number of nitrogens with one attached hydrogen (secondary N) is 3. The summed E-state index contributed by atoms with van der Waals surface area (Å²) in [7, 11) is 0. The number of H-pyrrole nitrogens is 1.